The molecule has 0 N–H and O–H groups in total. The van der Waals surface area contributed by atoms with E-state index in [1.54, 1.807) is 7.11 Å². The van der Waals surface area contributed by atoms with E-state index in [2.05, 4.69) is 26.7 Å². The first kappa shape index (κ1) is 17.0. The summed E-state index contributed by atoms with van der Waals surface area (Å²) < 4.78 is 7.47. The molecule has 26 heavy (non-hydrogen) atoms. The number of fused-ring (bicyclic) bond motifs is 1. The van der Waals surface area contributed by atoms with Gasteiger partial charge in [-0.25, -0.2) is 0 Å². The maximum absolute atomic E-state index is 13.0. The molecule has 2 aliphatic heterocycles. The van der Waals surface area contributed by atoms with Crippen LogP contribution in [0.1, 0.15) is 36.1 Å². The minimum Gasteiger partial charge on any atom is -0.497 e. The Morgan fingerprint density at radius 2 is 2.15 bits per heavy atom. The molecule has 0 aliphatic carbocycles. The van der Waals surface area contributed by atoms with E-state index in [1.807, 2.05) is 29.2 Å². The third kappa shape index (κ3) is 3.19. The Kier molecular flexibility index (Phi) is 4.63. The lowest BCUT2D eigenvalue weighted by atomic mass is 10.1. The summed E-state index contributed by atoms with van der Waals surface area (Å²) in [7, 11) is 3.74. The Morgan fingerprint density at radius 3 is 3.00 bits per heavy atom. The van der Waals surface area contributed by atoms with Crippen molar-refractivity contribution in [2.24, 2.45) is 0 Å². The fraction of sp³-hybridized carbons (Fsp3) is 0.526. The second-order valence-electron chi connectivity index (χ2n) is 7.14. The Labute approximate surface area is 153 Å². The third-order valence-corrected chi connectivity index (χ3v) is 5.33. The molecule has 0 unspecified atom stereocenters. The number of hydrogen-bond acceptors (Lipinski definition) is 5. The first-order valence-corrected chi connectivity index (χ1v) is 9.18. The average molecular weight is 355 g/mol. The quantitative estimate of drug-likeness (QED) is 0.834. The summed E-state index contributed by atoms with van der Waals surface area (Å²) in [5, 5.41) is 8.82. The van der Waals surface area contributed by atoms with Crippen molar-refractivity contribution in [1.29, 1.82) is 0 Å². The molecule has 1 aromatic carbocycles. The Hall–Kier alpha value is -2.41. The first-order chi connectivity index (χ1) is 12.7. The van der Waals surface area contributed by atoms with Crippen LogP contribution in [0.3, 0.4) is 0 Å². The average Bonchev–Trinajstić information content (AvgIpc) is 3.27. The van der Waals surface area contributed by atoms with E-state index in [0.29, 0.717) is 6.42 Å². The number of nitrogens with zero attached hydrogens (tertiary/aromatic N) is 5. The summed E-state index contributed by atoms with van der Waals surface area (Å²) in [4.78, 5) is 17.2. The molecular weight excluding hydrogens is 330 g/mol. The molecule has 2 aliphatic rings. The molecule has 138 valence electrons. The van der Waals surface area contributed by atoms with Crippen LogP contribution in [-0.4, -0.2) is 57.7 Å². The van der Waals surface area contributed by atoms with Crippen LogP contribution >= 0.6 is 0 Å². The van der Waals surface area contributed by atoms with E-state index in [9.17, 15) is 4.79 Å². The molecule has 1 amide bonds. The number of methoxy groups -OCH3 is 1. The van der Waals surface area contributed by atoms with E-state index in [1.165, 1.54) is 0 Å². The predicted octanol–water partition coefficient (Wildman–Crippen LogP) is 1.64. The molecule has 2 aromatic rings. The van der Waals surface area contributed by atoms with Crippen molar-refractivity contribution in [3.63, 3.8) is 0 Å². The van der Waals surface area contributed by atoms with Crippen molar-refractivity contribution in [2.45, 2.75) is 38.4 Å². The van der Waals surface area contributed by atoms with Crippen molar-refractivity contribution in [2.75, 3.05) is 27.2 Å². The van der Waals surface area contributed by atoms with Crippen LogP contribution in [0.15, 0.2) is 24.3 Å². The minimum absolute atomic E-state index is 0.0396. The highest BCUT2D eigenvalue weighted by atomic mass is 16.5. The van der Waals surface area contributed by atoms with Gasteiger partial charge in [0.1, 0.15) is 11.6 Å². The number of carbonyl (C=O) groups excluding carboxylic acids is 1. The molecular formula is C19H25N5O2. The summed E-state index contributed by atoms with van der Waals surface area (Å²) in [6.45, 7) is 3.48. The number of ether oxygens (including phenoxy) is 1. The second kappa shape index (κ2) is 7.07. The number of hydrogen-bond donors (Lipinski definition) is 0. The number of benzene rings is 1. The van der Waals surface area contributed by atoms with Gasteiger partial charge in [0.05, 0.1) is 26.1 Å². The number of likely N-dealkylation sites (N-methyl/N-ethyl adjacent to an activating group) is 1. The minimum atomic E-state index is 0.0396. The van der Waals surface area contributed by atoms with E-state index >= 15 is 0 Å². The SMILES string of the molecule is COc1cccc(CC(=O)N2CCC[C@H]2c2nnc3n2CCN(C)C3)c1. The highest BCUT2D eigenvalue weighted by Gasteiger charge is 2.34. The van der Waals surface area contributed by atoms with Gasteiger partial charge in [0.15, 0.2) is 5.82 Å². The van der Waals surface area contributed by atoms with Crippen LogP contribution in [0.5, 0.6) is 5.75 Å². The number of amides is 1. The fourth-order valence-corrected chi connectivity index (χ4v) is 3.94. The smallest absolute Gasteiger partial charge is 0.227 e. The summed E-state index contributed by atoms with van der Waals surface area (Å²) in [5.74, 6) is 2.88. The third-order valence-electron chi connectivity index (χ3n) is 5.33. The van der Waals surface area contributed by atoms with Crippen LogP contribution in [0.25, 0.3) is 0 Å². The van der Waals surface area contributed by atoms with Gasteiger partial charge in [-0.15, -0.1) is 10.2 Å². The van der Waals surface area contributed by atoms with Crippen LogP contribution in [0, 0.1) is 0 Å². The predicted molar refractivity (Wildman–Crippen MR) is 96.7 cm³/mol. The van der Waals surface area contributed by atoms with Crippen LogP contribution in [-0.2, 0) is 24.3 Å². The lowest BCUT2D eigenvalue weighted by Crippen LogP contribution is -2.35. The number of likely N-dealkylation sites (tertiary alicyclic amines) is 1. The van der Waals surface area contributed by atoms with Gasteiger partial charge in [0.2, 0.25) is 5.91 Å². The zero-order chi connectivity index (χ0) is 18.1. The van der Waals surface area contributed by atoms with Gasteiger partial charge in [-0.2, -0.15) is 0 Å². The molecule has 0 bridgehead atoms. The van der Waals surface area contributed by atoms with Gasteiger partial charge < -0.3 is 14.2 Å². The molecule has 7 nitrogen and oxygen atoms in total. The zero-order valence-electron chi connectivity index (χ0n) is 15.4. The highest BCUT2D eigenvalue weighted by Crippen LogP contribution is 2.32. The second-order valence-corrected chi connectivity index (χ2v) is 7.14. The van der Waals surface area contributed by atoms with Gasteiger partial charge in [-0.3, -0.25) is 9.69 Å². The topological polar surface area (TPSA) is 63.5 Å². The molecule has 0 radical (unpaired) electrons. The fourth-order valence-electron chi connectivity index (χ4n) is 3.94. The summed E-state index contributed by atoms with van der Waals surface area (Å²) in [6.07, 6.45) is 2.35. The van der Waals surface area contributed by atoms with Crippen LogP contribution in [0.2, 0.25) is 0 Å². The van der Waals surface area contributed by atoms with Gasteiger partial charge in [-0.05, 0) is 37.6 Å². The van der Waals surface area contributed by atoms with E-state index < -0.39 is 0 Å². The highest BCUT2D eigenvalue weighted by molar-refractivity contribution is 5.79. The monoisotopic (exact) mass is 355 g/mol. The Balaban J connectivity index is 1.52. The van der Waals surface area contributed by atoms with Gasteiger partial charge >= 0.3 is 0 Å². The Morgan fingerprint density at radius 1 is 1.27 bits per heavy atom. The van der Waals surface area contributed by atoms with Gasteiger partial charge in [0.25, 0.3) is 0 Å². The normalized spacial score (nSPS) is 20.2. The summed E-state index contributed by atoms with van der Waals surface area (Å²) in [5.41, 5.74) is 0.977. The van der Waals surface area contributed by atoms with E-state index in [-0.39, 0.29) is 11.9 Å². The van der Waals surface area contributed by atoms with Crippen LogP contribution < -0.4 is 4.74 Å². The largest absolute Gasteiger partial charge is 0.497 e. The van der Waals surface area contributed by atoms with E-state index in [0.717, 1.165) is 62.0 Å². The molecule has 0 spiro atoms. The molecule has 1 saturated heterocycles. The van der Waals surface area contributed by atoms with Gasteiger partial charge in [-0.1, -0.05) is 12.1 Å². The lowest BCUT2D eigenvalue weighted by Gasteiger charge is -2.28. The number of aromatic nitrogens is 3. The summed E-state index contributed by atoms with van der Waals surface area (Å²) in [6, 6.07) is 7.76. The molecule has 7 heteroatoms. The number of rotatable bonds is 4. The van der Waals surface area contributed by atoms with Crippen molar-refractivity contribution in [1.82, 2.24) is 24.6 Å². The van der Waals surface area contributed by atoms with Gasteiger partial charge in [0, 0.05) is 19.6 Å². The van der Waals surface area contributed by atoms with Crippen molar-refractivity contribution < 1.29 is 9.53 Å². The number of carbonyl (C=O) groups is 1. The molecule has 1 aromatic heterocycles. The summed E-state index contributed by atoms with van der Waals surface area (Å²) >= 11 is 0. The van der Waals surface area contributed by atoms with Crippen molar-refractivity contribution in [3.05, 3.63) is 41.5 Å². The van der Waals surface area contributed by atoms with Crippen LogP contribution in [0.4, 0.5) is 0 Å². The molecule has 1 atom stereocenters. The molecule has 1 fully saturated rings. The zero-order valence-corrected chi connectivity index (χ0v) is 15.4. The first-order valence-electron chi connectivity index (χ1n) is 9.18. The van der Waals surface area contributed by atoms with Crippen molar-refractivity contribution in [3.8, 4) is 5.75 Å². The maximum Gasteiger partial charge on any atom is 0.227 e. The molecule has 3 heterocycles. The lowest BCUT2D eigenvalue weighted by molar-refractivity contribution is -0.131. The Bertz CT molecular complexity index is 803. The van der Waals surface area contributed by atoms with Crippen molar-refractivity contribution >= 4 is 5.91 Å². The standard InChI is InChI=1S/C19H25N5O2/c1-22-9-10-24-17(13-22)20-21-19(24)16-7-4-8-23(16)18(25)12-14-5-3-6-15(11-14)26-2/h3,5-6,11,16H,4,7-10,12-13H2,1-2H3/t16-/m0/s1. The maximum atomic E-state index is 13.0. The molecule has 4 rings (SSSR count). The molecule has 0 saturated carbocycles. The van der Waals surface area contributed by atoms with E-state index in [4.69, 9.17) is 4.74 Å².